The van der Waals surface area contributed by atoms with Crippen molar-refractivity contribution in [3.05, 3.63) is 29.8 Å². The second kappa shape index (κ2) is 7.26. The first-order valence-electron chi connectivity index (χ1n) is 7.01. The summed E-state index contributed by atoms with van der Waals surface area (Å²) < 4.78 is 5.07. The summed E-state index contributed by atoms with van der Waals surface area (Å²) in [6.07, 6.45) is 1.87. The molecule has 2 N–H and O–H groups in total. The fourth-order valence-electron chi connectivity index (χ4n) is 2.45. The van der Waals surface area contributed by atoms with E-state index in [1.165, 1.54) is 6.07 Å². The van der Waals surface area contributed by atoms with Crippen LogP contribution in [0.5, 0.6) is 5.75 Å². The lowest BCUT2D eigenvalue weighted by Gasteiger charge is -2.32. The molecule has 1 fully saturated rings. The number of hydrogen-bond donors (Lipinski definition) is 2. The van der Waals surface area contributed by atoms with Crippen LogP contribution in [0.25, 0.3) is 0 Å². The number of rotatable bonds is 5. The molecular weight excluding hydrogens is 256 g/mol. The minimum absolute atomic E-state index is 0.0301. The molecule has 1 heterocycles. The summed E-state index contributed by atoms with van der Waals surface area (Å²) in [6, 6.07) is 6.81. The van der Waals surface area contributed by atoms with Crippen LogP contribution in [-0.4, -0.2) is 55.3 Å². The molecule has 1 amide bonds. The minimum Gasteiger partial charge on any atom is -0.507 e. The summed E-state index contributed by atoms with van der Waals surface area (Å²) >= 11 is 0. The van der Waals surface area contributed by atoms with Crippen molar-refractivity contribution in [2.75, 3.05) is 33.4 Å². The van der Waals surface area contributed by atoms with Crippen molar-refractivity contribution in [2.45, 2.75) is 18.9 Å². The van der Waals surface area contributed by atoms with E-state index in [0.29, 0.717) is 5.56 Å². The molecule has 5 nitrogen and oxygen atoms in total. The predicted molar refractivity (Wildman–Crippen MR) is 76.9 cm³/mol. The fraction of sp³-hybridized carbons (Fsp3) is 0.533. The number of hydrogen-bond acceptors (Lipinski definition) is 4. The molecule has 1 saturated heterocycles. The zero-order valence-corrected chi connectivity index (χ0v) is 11.8. The highest BCUT2D eigenvalue weighted by molar-refractivity contribution is 5.96. The molecule has 0 atom stereocenters. The topological polar surface area (TPSA) is 61.8 Å². The summed E-state index contributed by atoms with van der Waals surface area (Å²) in [6.45, 7) is 3.62. The number of ether oxygens (including phenoxy) is 1. The van der Waals surface area contributed by atoms with Crippen LogP contribution in [0.4, 0.5) is 0 Å². The lowest BCUT2D eigenvalue weighted by Crippen LogP contribution is -2.45. The van der Waals surface area contributed by atoms with E-state index in [1.54, 1.807) is 25.3 Å². The van der Waals surface area contributed by atoms with Crippen LogP contribution in [0.1, 0.15) is 23.2 Å². The van der Waals surface area contributed by atoms with Gasteiger partial charge in [-0.2, -0.15) is 0 Å². The third-order valence-corrected chi connectivity index (χ3v) is 3.68. The number of amides is 1. The molecule has 20 heavy (non-hydrogen) atoms. The number of piperidine rings is 1. The first kappa shape index (κ1) is 14.8. The number of nitrogens with zero attached hydrogens (tertiary/aromatic N) is 1. The Morgan fingerprint density at radius 2 is 2.10 bits per heavy atom. The van der Waals surface area contributed by atoms with Crippen LogP contribution in [0.3, 0.4) is 0 Å². The summed E-state index contributed by atoms with van der Waals surface area (Å²) in [4.78, 5) is 14.4. The molecule has 0 bridgehead atoms. The fourth-order valence-corrected chi connectivity index (χ4v) is 2.45. The second-order valence-electron chi connectivity index (χ2n) is 5.10. The lowest BCUT2D eigenvalue weighted by molar-refractivity contribution is 0.0890. The maximum Gasteiger partial charge on any atom is 0.255 e. The van der Waals surface area contributed by atoms with Crippen LogP contribution in [0.15, 0.2) is 24.3 Å². The molecule has 0 radical (unpaired) electrons. The van der Waals surface area contributed by atoms with E-state index in [9.17, 15) is 9.90 Å². The number of phenolic OH excluding ortho intramolecular Hbond substituents is 1. The molecule has 0 spiro atoms. The molecule has 1 aliphatic rings. The molecule has 0 aliphatic carbocycles. The number of aromatic hydroxyl groups is 1. The number of benzene rings is 1. The van der Waals surface area contributed by atoms with Crippen molar-refractivity contribution in [2.24, 2.45) is 0 Å². The van der Waals surface area contributed by atoms with Crippen LogP contribution in [-0.2, 0) is 4.74 Å². The smallest absolute Gasteiger partial charge is 0.255 e. The SMILES string of the molecule is COCCN1CCC(NC(=O)c2ccccc2O)CC1. The van der Waals surface area contributed by atoms with E-state index in [4.69, 9.17) is 4.74 Å². The van der Waals surface area contributed by atoms with Gasteiger partial charge in [0.2, 0.25) is 0 Å². The number of likely N-dealkylation sites (tertiary alicyclic amines) is 1. The van der Waals surface area contributed by atoms with Gasteiger partial charge in [0.25, 0.3) is 5.91 Å². The zero-order chi connectivity index (χ0) is 14.4. The third kappa shape index (κ3) is 3.95. The Labute approximate surface area is 119 Å². The Bertz CT molecular complexity index is 442. The largest absolute Gasteiger partial charge is 0.507 e. The third-order valence-electron chi connectivity index (χ3n) is 3.68. The van der Waals surface area contributed by atoms with E-state index >= 15 is 0 Å². The Morgan fingerprint density at radius 3 is 2.75 bits per heavy atom. The molecule has 1 aliphatic heterocycles. The zero-order valence-electron chi connectivity index (χ0n) is 11.8. The van der Waals surface area contributed by atoms with Gasteiger partial charge in [-0.1, -0.05) is 12.1 Å². The van der Waals surface area contributed by atoms with Gasteiger partial charge < -0.3 is 20.1 Å². The number of carbonyl (C=O) groups excluding carboxylic acids is 1. The minimum atomic E-state index is -0.196. The first-order chi connectivity index (χ1) is 9.70. The van der Waals surface area contributed by atoms with E-state index in [1.807, 2.05) is 0 Å². The highest BCUT2D eigenvalue weighted by Crippen LogP contribution is 2.17. The summed E-state index contributed by atoms with van der Waals surface area (Å²) in [5.74, 6) is -0.166. The van der Waals surface area contributed by atoms with Crippen molar-refractivity contribution in [1.29, 1.82) is 0 Å². The van der Waals surface area contributed by atoms with E-state index in [2.05, 4.69) is 10.2 Å². The first-order valence-corrected chi connectivity index (χ1v) is 7.01. The van der Waals surface area contributed by atoms with E-state index in [0.717, 1.165) is 39.1 Å². The summed E-state index contributed by atoms with van der Waals surface area (Å²) in [7, 11) is 1.71. The molecule has 5 heteroatoms. The van der Waals surface area contributed by atoms with Gasteiger partial charge in [0.05, 0.1) is 12.2 Å². The highest BCUT2D eigenvalue weighted by atomic mass is 16.5. The van der Waals surface area contributed by atoms with Crippen molar-refractivity contribution in [3.8, 4) is 5.75 Å². The normalized spacial score (nSPS) is 17.1. The van der Waals surface area contributed by atoms with E-state index < -0.39 is 0 Å². The van der Waals surface area contributed by atoms with Crippen LogP contribution in [0.2, 0.25) is 0 Å². The quantitative estimate of drug-likeness (QED) is 0.850. The molecule has 1 aromatic rings. The molecular formula is C15H22N2O3. The van der Waals surface area contributed by atoms with Crippen molar-refractivity contribution in [1.82, 2.24) is 10.2 Å². The van der Waals surface area contributed by atoms with Gasteiger partial charge in [-0.25, -0.2) is 0 Å². The summed E-state index contributed by atoms with van der Waals surface area (Å²) in [5, 5.41) is 12.7. The predicted octanol–water partition coefficient (Wildman–Crippen LogP) is 1.23. The van der Waals surface area contributed by atoms with Crippen molar-refractivity contribution in [3.63, 3.8) is 0 Å². The lowest BCUT2D eigenvalue weighted by atomic mass is 10.0. The van der Waals surface area contributed by atoms with Gasteiger partial charge >= 0.3 is 0 Å². The molecule has 0 aromatic heterocycles. The molecule has 110 valence electrons. The number of phenols is 1. The number of nitrogens with one attached hydrogen (secondary N) is 1. The molecule has 1 aromatic carbocycles. The maximum absolute atomic E-state index is 12.1. The Kier molecular flexibility index (Phi) is 5.38. The van der Waals surface area contributed by atoms with Crippen molar-refractivity contribution >= 4 is 5.91 Å². The molecule has 0 unspecified atom stereocenters. The highest BCUT2D eigenvalue weighted by Gasteiger charge is 2.21. The molecule has 0 saturated carbocycles. The average Bonchev–Trinajstić information content (AvgIpc) is 2.47. The monoisotopic (exact) mass is 278 g/mol. The Balaban J connectivity index is 1.81. The van der Waals surface area contributed by atoms with Crippen LogP contribution < -0.4 is 5.32 Å². The average molecular weight is 278 g/mol. The number of methoxy groups -OCH3 is 1. The van der Waals surface area contributed by atoms with Gasteiger partial charge in [0, 0.05) is 32.8 Å². The van der Waals surface area contributed by atoms with Gasteiger partial charge in [0.15, 0.2) is 0 Å². The van der Waals surface area contributed by atoms with Crippen LogP contribution >= 0.6 is 0 Å². The Hall–Kier alpha value is -1.59. The molecule has 2 rings (SSSR count). The van der Waals surface area contributed by atoms with Gasteiger partial charge in [0.1, 0.15) is 5.75 Å². The number of carbonyl (C=O) groups is 1. The standard InChI is InChI=1S/C15H22N2O3/c1-20-11-10-17-8-6-12(7-9-17)16-15(19)13-4-2-3-5-14(13)18/h2-5,12,18H,6-11H2,1H3,(H,16,19). The Morgan fingerprint density at radius 1 is 1.40 bits per heavy atom. The summed E-state index contributed by atoms with van der Waals surface area (Å²) in [5.41, 5.74) is 0.342. The van der Waals surface area contributed by atoms with E-state index in [-0.39, 0.29) is 17.7 Å². The number of para-hydroxylation sites is 1. The second-order valence-corrected chi connectivity index (χ2v) is 5.10. The van der Waals surface area contributed by atoms with Gasteiger partial charge in [-0.15, -0.1) is 0 Å². The van der Waals surface area contributed by atoms with Gasteiger partial charge in [-0.05, 0) is 25.0 Å². The van der Waals surface area contributed by atoms with Crippen molar-refractivity contribution < 1.29 is 14.6 Å². The van der Waals surface area contributed by atoms with Gasteiger partial charge in [-0.3, -0.25) is 4.79 Å². The van der Waals surface area contributed by atoms with Crippen LogP contribution in [0, 0.1) is 0 Å². The maximum atomic E-state index is 12.1.